The number of hydrogen-bond acceptors (Lipinski definition) is 5. The van der Waals surface area contributed by atoms with Gasteiger partial charge in [-0.1, -0.05) is 40.2 Å². The predicted octanol–water partition coefficient (Wildman–Crippen LogP) is 5.79. The van der Waals surface area contributed by atoms with Crippen LogP contribution in [0.5, 0.6) is 11.5 Å². The summed E-state index contributed by atoms with van der Waals surface area (Å²) in [5.74, 6) is 1.48. The maximum absolute atomic E-state index is 6.28. The fourth-order valence-electron chi connectivity index (χ4n) is 3.79. The van der Waals surface area contributed by atoms with Gasteiger partial charge in [0, 0.05) is 41.0 Å². The minimum Gasteiger partial charge on any atom is -0.493 e. The van der Waals surface area contributed by atoms with Crippen molar-refractivity contribution in [1.29, 1.82) is 0 Å². The molecule has 0 unspecified atom stereocenters. The van der Waals surface area contributed by atoms with E-state index in [-0.39, 0.29) is 0 Å². The second-order valence-electron chi connectivity index (χ2n) is 7.77. The number of nitrogens with zero attached hydrogens (tertiary/aromatic N) is 1. The molecule has 1 N–H and O–H groups in total. The van der Waals surface area contributed by atoms with Gasteiger partial charge in [-0.15, -0.1) is 0 Å². The number of rotatable bonds is 8. The number of nitrogens with one attached hydrogen (secondary N) is 1. The first-order valence-corrected chi connectivity index (χ1v) is 11.6. The molecule has 0 atom stereocenters. The van der Waals surface area contributed by atoms with Crippen molar-refractivity contribution < 1.29 is 14.2 Å². The van der Waals surface area contributed by atoms with E-state index in [2.05, 4.69) is 69.5 Å². The molecule has 1 heterocycles. The Hall–Kier alpha value is -2.70. The summed E-state index contributed by atoms with van der Waals surface area (Å²) in [4.78, 5) is 2.35. The van der Waals surface area contributed by atoms with Crippen LogP contribution < -0.4 is 19.7 Å². The molecule has 0 bridgehead atoms. The van der Waals surface area contributed by atoms with Gasteiger partial charge in [0.2, 0.25) is 0 Å². The van der Waals surface area contributed by atoms with E-state index in [1.165, 1.54) is 11.3 Å². The maximum Gasteiger partial charge on any atom is 0.167 e. The van der Waals surface area contributed by atoms with Crippen molar-refractivity contribution in [2.75, 3.05) is 43.6 Å². The summed E-state index contributed by atoms with van der Waals surface area (Å²) in [6, 6.07) is 20.7. The summed E-state index contributed by atoms with van der Waals surface area (Å²) < 4.78 is 18.3. The Morgan fingerprint density at radius 2 is 1.75 bits per heavy atom. The zero-order chi connectivity index (χ0) is 22.3. The van der Waals surface area contributed by atoms with Gasteiger partial charge in [-0.3, -0.25) is 0 Å². The number of hydrogen-bond donors (Lipinski definition) is 1. The number of aryl methyl sites for hydroxylation is 1. The molecule has 0 amide bonds. The number of anilines is 2. The molecule has 1 aliphatic heterocycles. The lowest BCUT2D eigenvalue weighted by atomic mass is 10.1. The van der Waals surface area contributed by atoms with E-state index in [4.69, 9.17) is 14.2 Å². The molecule has 0 spiro atoms. The average molecular weight is 497 g/mol. The van der Waals surface area contributed by atoms with Crippen LogP contribution in [0, 0.1) is 6.92 Å². The first kappa shape index (κ1) is 22.5. The van der Waals surface area contributed by atoms with Gasteiger partial charge in [0.15, 0.2) is 11.5 Å². The number of benzene rings is 3. The van der Waals surface area contributed by atoms with Gasteiger partial charge in [-0.25, -0.2) is 0 Å². The van der Waals surface area contributed by atoms with Crippen LogP contribution in [0.15, 0.2) is 65.1 Å². The minimum absolute atomic E-state index is 0.487. The van der Waals surface area contributed by atoms with Crippen molar-refractivity contribution in [2.24, 2.45) is 0 Å². The Balaban J connectivity index is 1.48. The highest BCUT2D eigenvalue weighted by atomic mass is 79.9. The quantitative estimate of drug-likeness (QED) is 0.427. The van der Waals surface area contributed by atoms with E-state index < -0.39 is 0 Å². The zero-order valence-electron chi connectivity index (χ0n) is 18.6. The van der Waals surface area contributed by atoms with Gasteiger partial charge in [0.1, 0.15) is 6.61 Å². The minimum atomic E-state index is 0.487. The lowest BCUT2D eigenvalue weighted by Crippen LogP contribution is -2.36. The van der Waals surface area contributed by atoms with Crippen LogP contribution in [-0.2, 0) is 17.9 Å². The highest BCUT2D eigenvalue weighted by Gasteiger charge is 2.16. The average Bonchev–Trinajstić information content (AvgIpc) is 2.84. The smallest absolute Gasteiger partial charge is 0.167 e. The molecule has 0 aromatic heterocycles. The topological polar surface area (TPSA) is 43.0 Å². The molecule has 3 aromatic rings. The van der Waals surface area contributed by atoms with E-state index in [0.29, 0.717) is 13.2 Å². The first-order valence-electron chi connectivity index (χ1n) is 10.8. The Labute approximate surface area is 198 Å². The third kappa shape index (κ3) is 5.37. The maximum atomic E-state index is 6.28. The fraction of sp³-hybridized carbons (Fsp3) is 0.308. The van der Waals surface area contributed by atoms with Crippen LogP contribution >= 0.6 is 15.9 Å². The molecule has 0 saturated carbocycles. The summed E-state index contributed by atoms with van der Waals surface area (Å²) in [5.41, 5.74) is 5.68. The molecule has 3 aromatic carbocycles. The van der Waals surface area contributed by atoms with Crippen molar-refractivity contribution in [3.8, 4) is 11.5 Å². The second kappa shape index (κ2) is 10.7. The largest absolute Gasteiger partial charge is 0.493 e. The van der Waals surface area contributed by atoms with Crippen molar-refractivity contribution >= 4 is 27.3 Å². The van der Waals surface area contributed by atoms with Gasteiger partial charge in [0.25, 0.3) is 0 Å². The number of morpholine rings is 1. The molecular weight excluding hydrogens is 468 g/mol. The van der Waals surface area contributed by atoms with Gasteiger partial charge in [-0.05, 0) is 54.4 Å². The standard InChI is InChI=1S/C26H29BrN2O3/c1-19-5-3-4-6-20(19)18-32-26-23(24(27)11-12-25(26)30-2)17-28-21-7-9-22(10-8-21)29-13-15-31-16-14-29/h3-12,28H,13-18H2,1-2H3. The van der Waals surface area contributed by atoms with E-state index in [1.54, 1.807) is 7.11 Å². The zero-order valence-corrected chi connectivity index (χ0v) is 20.2. The Morgan fingerprint density at radius 3 is 2.47 bits per heavy atom. The summed E-state index contributed by atoms with van der Waals surface area (Å²) in [6.07, 6.45) is 0. The normalized spacial score (nSPS) is 13.7. The second-order valence-corrected chi connectivity index (χ2v) is 8.63. The van der Waals surface area contributed by atoms with E-state index in [9.17, 15) is 0 Å². The van der Waals surface area contributed by atoms with Gasteiger partial charge in [0.05, 0.1) is 20.3 Å². The molecule has 32 heavy (non-hydrogen) atoms. The molecule has 4 rings (SSSR count). The molecule has 5 nitrogen and oxygen atoms in total. The van der Waals surface area contributed by atoms with E-state index >= 15 is 0 Å². The van der Waals surface area contributed by atoms with Crippen molar-refractivity contribution in [1.82, 2.24) is 0 Å². The van der Waals surface area contributed by atoms with Crippen molar-refractivity contribution in [3.63, 3.8) is 0 Å². The van der Waals surface area contributed by atoms with Crippen LogP contribution in [0.3, 0.4) is 0 Å². The van der Waals surface area contributed by atoms with Crippen LogP contribution in [0.1, 0.15) is 16.7 Å². The fourth-order valence-corrected chi connectivity index (χ4v) is 4.24. The monoisotopic (exact) mass is 496 g/mol. The lowest BCUT2D eigenvalue weighted by Gasteiger charge is -2.29. The van der Waals surface area contributed by atoms with Crippen LogP contribution in [0.2, 0.25) is 0 Å². The predicted molar refractivity (Wildman–Crippen MR) is 133 cm³/mol. The van der Waals surface area contributed by atoms with Crippen LogP contribution in [-0.4, -0.2) is 33.4 Å². The molecule has 6 heteroatoms. The summed E-state index contributed by atoms with van der Waals surface area (Å²) in [6.45, 7) is 6.64. The van der Waals surface area contributed by atoms with Gasteiger partial charge >= 0.3 is 0 Å². The SMILES string of the molecule is COc1ccc(Br)c(CNc2ccc(N3CCOCC3)cc2)c1OCc1ccccc1C. The summed E-state index contributed by atoms with van der Waals surface area (Å²) in [5, 5.41) is 3.52. The van der Waals surface area contributed by atoms with Crippen LogP contribution in [0.25, 0.3) is 0 Å². The van der Waals surface area contributed by atoms with Crippen LogP contribution in [0.4, 0.5) is 11.4 Å². The number of methoxy groups -OCH3 is 1. The Morgan fingerprint density at radius 1 is 1.00 bits per heavy atom. The Kier molecular flexibility index (Phi) is 7.55. The van der Waals surface area contributed by atoms with E-state index in [0.717, 1.165) is 59.1 Å². The molecule has 0 radical (unpaired) electrons. The van der Waals surface area contributed by atoms with Crippen molar-refractivity contribution in [3.05, 3.63) is 81.8 Å². The molecule has 0 aliphatic carbocycles. The summed E-state index contributed by atoms with van der Waals surface area (Å²) in [7, 11) is 1.67. The lowest BCUT2D eigenvalue weighted by molar-refractivity contribution is 0.122. The molecule has 168 valence electrons. The number of halogens is 1. The summed E-state index contributed by atoms with van der Waals surface area (Å²) >= 11 is 3.69. The third-order valence-corrected chi connectivity index (χ3v) is 6.48. The molecule has 1 aliphatic rings. The molecule has 1 fully saturated rings. The van der Waals surface area contributed by atoms with Gasteiger partial charge < -0.3 is 24.4 Å². The highest BCUT2D eigenvalue weighted by molar-refractivity contribution is 9.10. The molecule has 1 saturated heterocycles. The van der Waals surface area contributed by atoms with Gasteiger partial charge in [-0.2, -0.15) is 0 Å². The third-order valence-electron chi connectivity index (χ3n) is 5.73. The van der Waals surface area contributed by atoms with Crippen molar-refractivity contribution in [2.45, 2.75) is 20.1 Å². The highest BCUT2D eigenvalue weighted by Crippen LogP contribution is 2.37. The Bertz CT molecular complexity index is 1030. The molecular formula is C26H29BrN2O3. The first-order chi connectivity index (χ1) is 15.7. The van der Waals surface area contributed by atoms with E-state index in [1.807, 2.05) is 24.3 Å². The number of ether oxygens (including phenoxy) is 3.